The maximum Gasteiger partial charge on any atom is 0.284 e. The molecule has 0 atom stereocenters. The van der Waals surface area contributed by atoms with Crippen molar-refractivity contribution >= 4 is 0 Å². The number of hydrogen-bond acceptors (Lipinski definition) is 3. The number of aromatic nitrogens is 1. The molecule has 6 heteroatoms. The van der Waals surface area contributed by atoms with E-state index in [9.17, 15) is 13.2 Å². The third-order valence-corrected chi connectivity index (χ3v) is 1.78. The molecular weight excluding hydrogens is 209 g/mol. The minimum atomic E-state index is -2.86. The molecule has 1 aromatic heterocycles. The van der Waals surface area contributed by atoms with Gasteiger partial charge in [-0.3, -0.25) is 0 Å². The number of pyridine rings is 1. The molecule has 1 heterocycles. The van der Waals surface area contributed by atoms with Gasteiger partial charge in [-0.1, -0.05) is 0 Å². The Morgan fingerprint density at radius 1 is 1.60 bits per heavy atom. The number of halogens is 3. The summed E-state index contributed by atoms with van der Waals surface area (Å²) in [6, 6.07) is 1.67. The lowest BCUT2D eigenvalue weighted by atomic mass is 10.1. The predicted molar refractivity (Wildman–Crippen MR) is 45.0 cm³/mol. The van der Waals surface area contributed by atoms with Crippen LogP contribution in [0.15, 0.2) is 6.20 Å². The first-order valence-electron chi connectivity index (χ1n) is 3.98. The van der Waals surface area contributed by atoms with E-state index in [-0.39, 0.29) is 17.7 Å². The van der Waals surface area contributed by atoms with Crippen LogP contribution in [-0.2, 0) is 6.42 Å². The molecule has 0 amide bonds. The molecule has 15 heavy (non-hydrogen) atoms. The van der Waals surface area contributed by atoms with Gasteiger partial charge in [-0.05, 0) is 0 Å². The molecule has 0 aromatic carbocycles. The smallest absolute Gasteiger partial charge is 0.284 e. The average Bonchev–Trinajstić information content (AvgIpc) is 2.20. The van der Waals surface area contributed by atoms with Crippen molar-refractivity contribution in [2.75, 3.05) is 7.11 Å². The summed E-state index contributed by atoms with van der Waals surface area (Å²) in [7, 11) is 1.13. The summed E-state index contributed by atoms with van der Waals surface area (Å²) in [5.74, 6) is -1.18. The Hall–Kier alpha value is -1.77. The monoisotopic (exact) mass is 216 g/mol. The lowest BCUT2D eigenvalue weighted by Crippen LogP contribution is -2.03. The average molecular weight is 216 g/mol. The second kappa shape index (κ2) is 4.64. The van der Waals surface area contributed by atoms with Crippen LogP contribution in [0.3, 0.4) is 0 Å². The molecule has 0 aliphatic heterocycles. The van der Waals surface area contributed by atoms with Crippen molar-refractivity contribution in [1.29, 1.82) is 5.26 Å². The molecule has 0 spiro atoms. The standard InChI is InChI=1S/C9H7F3N2O/c1-15-8-5(2-3-13)6(10)4-14-7(8)9(11)12/h4,9H,2H2,1H3. The molecule has 0 unspecified atom stereocenters. The van der Waals surface area contributed by atoms with Crippen LogP contribution in [0.2, 0.25) is 0 Å². The number of nitriles is 1. The van der Waals surface area contributed by atoms with Gasteiger partial charge in [0.15, 0.2) is 5.75 Å². The van der Waals surface area contributed by atoms with E-state index in [0.717, 1.165) is 7.11 Å². The molecule has 0 radical (unpaired) electrons. The highest BCUT2D eigenvalue weighted by Crippen LogP contribution is 2.31. The molecular formula is C9H7F3N2O. The summed E-state index contributed by atoms with van der Waals surface area (Å²) >= 11 is 0. The number of rotatable bonds is 3. The van der Waals surface area contributed by atoms with Crippen molar-refractivity contribution in [3.63, 3.8) is 0 Å². The van der Waals surface area contributed by atoms with Gasteiger partial charge in [0.25, 0.3) is 6.43 Å². The van der Waals surface area contributed by atoms with Gasteiger partial charge in [-0.15, -0.1) is 0 Å². The largest absolute Gasteiger partial charge is 0.494 e. The van der Waals surface area contributed by atoms with Gasteiger partial charge in [0.05, 0.1) is 25.8 Å². The van der Waals surface area contributed by atoms with Crippen molar-refractivity contribution in [3.05, 3.63) is 23.3 Å². The van der Waals surface area contributed by atoms with E-state index >= 15 is 0 Å². The SMILES string of the molecule is COc1c(C(F)F)ncc(F)c1CC#N. The van der Waals surface area contributed by atoms with Crippen molar-refractivity contribution in [2.45, 2.75) is 12.8 Å². The number of ether oxygens (including phenoxy) is 1. The number of alkyl halides is 2. The quantitative estimate of drug-likeness (QED) is 0.778. The molecule has 0 aliphatic carbocycles. The Morgan fingerprint density at radius 3 is 2.73 bits per heavy atom. The van der Waals surface area contributed by atoms with Crippen LogP contribution >= 0.6 is 0 Å². The fourth-order valence-electron chi connectivity index (χ4n) is 1.15. The van der Waals surface area contributed by atoms with Gasteiger partial charge in [0.2, 0.25) is 0 Å². The fourth-order valence-corrected chi connectivity index (χ4v) is 1.15. The lowest BCUT2D eigenvalue weighted by Gasteiger charge is -2.10. The van der Waals surface area contributed by atoms with E-state index in [4.69, 9.17) is 5.26 Å². The zero-order chi connectivity index (χ0) is 11.4. The molecule has 3 nitrogen and oxygen atoms in total. The van der Waals surface area contributed by atoms with Crippen molar-refractivity contribution in [1.82, 2.24) is 4.98 Å². The van der Waals surface area contributed by atoms with E-state index in [1.165, 1.54) is 0 Å². The van der Waals surface area contributed by atoms with Crippen LogP contribution in [0.1, 0.15) is 17.7 Å². The van der Waals surface area contributed by atoms with Crippen LogP contribution in [0.4, 0.5) is 13.2 Å². The third-order valence-electron chi connectivity index (χ3n) is 1.78. The highest BCUT2D eigenvalue weighted by molar-refractivity contribution is 5.40. The topological polar surface area (TPSA) is 45.9 Å². The maximum absolute atomic E-state index is 13.1. The second-order valence-corrected chi connectivity index (χ2v) is 2.64. The molecule has 0 bridgehead atoms. The minimum Gasteiger partial charge on any atom is -0.494 e. The maximum atomic E-state index is 13.1. The normalized spacial score (nSPS) is 10.1. The summed E-state index contributed by atoms with van der Waals surface area (Å²) in [5.41, 5.74) is -0.838. The molecule has 1 rings (SSSR count). The van der Waals surface area contributed by atoms with E-state index in [0.29, 0.717) is 6.20 Å². The lowest BCUT2D eigenvalue weighted by molar-refractivity contribution is 0.141. The van der Waals surface area contributed by atoms with Crippen molar-refractivity contribution < 1.29 is 17.9 Å². The van der Waals surface area contributed by atoms with Crippen LogP contribution in [-0.4, -0.2) is 12.1 Å². The summed E-state index contributed by atoms with van der Waals surface area (Å²) in [6.07, 6.45) is -2.54. The zero-order valence-corrected chi connectivity index (χ0v) is 7.80. The molecule has 0 fully saturated rings. The first kappa shape index (κ1) is 11.3. The summed E-state index contributed by atoms with van der Waals surface area (Å²) < 4.78 is 42.6. The molecule has 0 N–H and O–H groups in total. The van der Waals surface area contributed by atoms with Gasteiger partial charge in [-0.2, -0.15) is 5.26 Å². The van der Waals surface area contributed by atoms with Crippen molar-refractivity contribution in [3.8, 4) is 11.8 Å². The summed E-state index contributed by atoms with van der Waals surface area (Å²) in [5, 5.41) is 8.41. The van der Waals surface area contributed by atoms with Crippen LogP contribution in [0.25, 0.3) is 0 Å². The Morgan fingerprint density at radius 2 is 2.27 bits per heavy atom. The Balaban J connectivity index is 3.34. The first-order chi connectivity index (χ1) is 7.11. The predicted octanol–water partition coefficient (Wildman–Crippen LogP) is 2.23. The number of hydrogen-bond donors (Lipinski definition) is 0. The molecule has 80 valence electrons. The zero-order valence-electron chi connectivity index (χ0n) is 7.80. The first-order valence-corrected chi connectivity index (χ1v) is 3.98. The Kier molecular flexibility index (Phi) is 3.50. The molecule has 0 saturated carbocycles. The Bertz CT molecular complexity index is 401. The second-order valence-electron chi connectivity index (χ2n) is 2.64. The molecule has 0 aliphatic rings. The molecule has 1 aromatic rings. The third kappa shape index (κ3) is 2.18. The van der Waals surface area contributed by atoms with Gasteiger partial charge >= 0.3 is 0 Å². The van der Waals surface area contributed by atoms with Crippen LogP contribution < -0.4 is 4.74 Å². The minimum absolute atomic E-state index is 0.190. The van der Waals surface area contributed by atoms with Crippen molar-refractivity contribution in [2.24, 2.45) is 0 Å². The number of methoxy groups -OCH3 is 1. The van der Waals surface area contributed by atoms with E-state index in [1.54, 1.807) is 6.07 Å². The van der Waals surface area contributed by atoms with Crippen LogP contribution in [0.5, 0.6) is 5.75 Å². The van der Waals surface area contributed by atoms with Crippen LogP contribution in [0, 0.1) is 17.1 Å². The van der Waals surface area contributed by atoms with E-state index in [2.05, 4.69) is 9.72 Å². The highest BCUT2D eigenvalue weighted by atomic mass is 19.3. The van der Waals surface area contributed by atoms with E-state index < -0.39 is 17.9 Å². The fraction of sp³-hybridized carbons (Fsp3) is 0.333. The highest BCUT2D eigenvalue weighted by Gasteiger charge is 2.21. The Labute approximate surface area is 84.1 Å². The molecule has 0 saturated heterocycles. The van der Waals surface area contributed by atoms with Gasteiger partial charge in [0, 0.05) is 5.56 Å². The summed E-state index contributed by atoms with van der Waals surface area (Å²) in [6.45, 7) is 0. The summed E-state index contributed by atoms with van der Waals surface area (Å²) in [4.78, 5) is 3.23. The van der Waals surface area contributed by atoms with E-state index in [1.807, 2.05) is 0 Å². The van der Waals surface area contributed by atoms with Gasteiger partial charge in [0.1, 0.15) is 11.5 Å². The van der Waals surface area contributed by atoms with Gasteiger partial charge in [-0.25, -0.2) is 18.2 Å². The van der Waals surface area contributed by atoms with Gasteiger partial charge < -0.3 is 4.74 Å². The number of nitrogens with zero attached hydrogens (tertiary/aromatic N) is 2.